The van der Waals surface area contributed by atoms with Gasteiger partial charge in [0.2, 0.25) is 0 Å². The molecule has 0 fully saturated rings. The molecule has 3 aromatic rings. The van der Waals surface area contributed by atoms with Crippen LogP contribution >= 0.6 is 15.9 Å². The number of nitrogens with zero attached hydrogens (tertiary/aromatic N) is 2. The molecule has 0 aliphatic heterocycles. The number of hydrogen-bond acceptors (Lipinski definition) is 3. The van der Waals surface area contributed by atoms with Crippen LogP contribution in [0, 0.1) is 6.92 Å². The zero-order valence-corrected chi connectivity index (χ0v) is 13.9. The van der Waals surface area contributed by atoms with Crippen LogP contribution in [0.15, 0.2) is 59.1 Å². The van der Waals surface area contributed by atoms with E-state index in [0.29, 0.717) is 11.5 Å². The number of para-hydroxylation sites is 1. The Bertz CT molecular complexity index is 842. The maximum atomic E-state index is 11.6. The number of aromatic nitrogens is 2. The van der Waals surface area contributed by atoms with Gasteiger partial charge >= 0.3 is 5.97 Å². The second-order valence-electron chi connectivity index (χ2n) is 4.99. The van der Waals surface area contributed by atoms with Gasteiger partial charge in [-0.15, -0.1) is 5.10 Å². The van der Waals surface area contributed by atoms with Crippen LogP contribution in [0.5, 0.6) is 0 Å². The Morgan fingerprint density at radius 1 is 1.13 bits per heavy atom. The smallest absolute Gasteiger partial charge is 0.341 e. The quantitative estimate of drug-likeness (QED) is 0.713. The first-order valence-corrected chi connectivity index (χ1v) is 7.76. The predicted molar refractivity (Wildman–Crippen MR) is 92.7 cm³/mol. The first kappa shape index (κ1) is 15.3. The van der Waals surface area contributed by atoms with Crippen LogP contribution in [-0.2, 0) is 0 Å². The number of carboxylic acids is 1. The van der Waals surface area contributed by atoms with Gasteiger partial charge < -0.3 is 10.4 Å². The molecule has 5 nitrogen and oxygen atoms in total. The maximum Gasteiger partial charge on any atom is 0.341 e. The van der Waals surface area contributed by atoms with Gasteiger partial charge in [0.25, 0.3) is 0 Å². The molecule has 1 heterocycles. The molecule has 0 radical (unpaired) electrons. The van der Waals surface area contributed by atoms with E-state index in [1.54, 1.807) is 11.6 Å². The summed E-state index contributed by atoms with van der Waals surface area (Å²) in [5.74, 6) is -0.689. The van der Waals surface area contributed by atoms with Crippen molar-refractivity contribution in [3.8, 4) is 5.69 Å². The largest absolute Gasteiger partial charge is 0.477 e. The molecule has 23 heavy (non-hydrogen) atoms. The van der Waals surface area contributed by atoms with Crippen molar-refractivity contribution in [3.05, 3.63) is 70.3 Å². The van der Waals surface area contributed by atoms with Crippen molar-refractivity contribution in [1.82, 2.24) is 9.78 Å². The summed E-state index contributed by atoms with van der Waals surface area (Å²) in [6, 6.07) is 16.9. The Morgan fingerprint density at radius 2 is 1.78 bits per heavy atom. The summed E-state index contributed by atoms with van der Waals surface area (Å²) in [5, 5.41) is 17.0. The van der Waals surface area contributed by atoms with Crippen LogP contribution in [0.4, 0.5) is 11.5 Å². The fourth-order valence-corrected chi connectivity index (χ4v) is 2.60. The van der Waals surface area contributed by atoms with Crippen molar-refractivity contribution >= 4 is 33.4 Å². The lowest BCUT2D eigenvalue weighted by molar-refractivity contribution is 0.0697. The monoisotopic (exact) mass is 371 g/mol. The van der Waals surface area contributed by atoms with E-state index >= 15 is 0 Å². The van der Waals surface area contributed by atoms with Gasteiger partial charge in [0.05, 0.1) is 11.4 Å². The SMILES string of the molecule is Cc1c(C(=O)O)c(Nc2ccc(Br)cc2)nn1-c1ccccc1. The van der Waals surface area contributed by atoms with Crippen molar-refractivity contribution in [2.24, 2.45) is 0 Å². The van der Waals surface area contributed by atoms with Crippen molar-refractivity contribution in [1.29, 1.82) is 0 Å². The molecule has 0 aliphatic carbocycles. The zero-order valence-electron chi connectivity index (χ0n) is 12.3. The molecule has 0 atom stereocenters. The predicted octanol–water partition coefficient (Wildman–Crippen LogP) is 4.39. The third kappa shape index (κ3) is 3.12. The molecule has 0 spiro atoms. The van der Waals surface area contributed by atoms with E-state index in [0.717, 1.165) is 15.8 Å². The Hall–Kier alpha value is -2.60. The van der Waals surface area contributed by atoms with Gasteiger partial charge in [0, 0.05) is 10.2 Å². The van der Waals surface area contributed by atoms with Crippen molar-refractivity contribution in [2.45, 2.75) is 6.92 Å². The highest BCUT2D eigenvalue weighted by molar-refractivity contribution is 9.10. The Balaban J connectivity index is 2.06. The Kier molecular flexibility index (Phi) is 4.16. The van der Waals surface area contributed by atoms with E-state index < -0.39 is 5.97 Å². The topological polar surface area (TPSA) is 67.2 Å². The standard InChI is InChI=1S/C17H14BrN3O2/c1-11-15(17(22)23)16(19-13-9-7-12(18)8-10-13)20-21(11)14-5-3-2-4-6-14/h2-10H,1H3,(H,19,20)(H,22,23). The minimum absolute atomic E-state index is 0.164. The molecule has 0 saturated carbocycles. The summed E-state index contributed by atoms with van der Waals surface area (Å²) in [4.78, 5) is 11.6. The average Bonchev–Trinajstić information content (AvgIpc) is 2.87. The fraction of sp³-hybridized carbons (Fsp3) is 0.0588. The highest BCUT2D eigenvalue weighted by Crippen LogP contribution is 2.26. The van der Waals surface area contributed by atoms with Gasteiger partial charge in [-0.05, 0) is 43.3 Å². The molecule has 2 N–H and O–H groups in total. The van der Waals surface area contributed by atoms with Gasteiger partial charge in [-0.2, -0.15) is 0 Å². The van der Waals surface area contributed by atoms with Gasteiger partial charge in [-0.25, -0.2) is 9.48 Å². The Labute approximate surface area is 141 Å². The highest BCUT2D eigenvalue weighted by atomic mass is 79.9. The van der Waals surface area contributed by atoms with E-state index in [9.17, 15) is 9.90 Å². The molecule has 0 aliphatic rings. The van der Waals surface area contributed by atoms with Gasteiger partial charge in [-0.1, -0.05) is 34.1 Å². The first-order valence-electron chi connectivity index (χ1n) is 6.97. The minimum Gasteiger partial charge on any atom is -0.477 e. The number of carboxylic acid groups (broad SMARTS) is 1. The van der Waals surface area contributed by atoms with Gasteiger partial charge in [0.15, 0.2) is 5.82 Å². The second-order valence-corrected chi connectivity index (χ2v) is 5.91. The number of anilines is 2. The van der Waals surface area contributed by atoms with Crippen LogP contribution in [0.3, 0.4) is 0 Å². The minimum atomic E-state index is -1.01. The number of aromatic carboxylic acids is 1. The fourth-order valence-electron chi connectivity index (χ4n) is 2.34. The van der Waals surface area contributed by atoms with Crippen LogP contribution in [0.2, 0.25) is 0 Å². The van der Waals surface area contributed by atoms with E-state index in [2.05, 4.69) is 26.3 Å². The molecule has 0 amide bonds. The van der Waals surface area contributed by atoms with Gasteiger partial charge in [0.1, 0.15) is 5.56 Å². The lowest BCUT2D eigenvalue weighted by Crippen LogP contribution is -2.03. The summed E-state index contributed by atoms with van der Waals surface area (Å²) in [5.41, 5.74) is 2.32. The van der Waals surface area contributed by atoms with Crippen LogP contribution in [0.1, 0.15) is 16.1 Å². The Morgan fingerprint density at radius 3 is 2.39 bits per heavy atom. The van der Waals surface area contributed by atoms with Crippen molar-refractivity contribution in [3.63, 3.8) is 0 Å². The molecule has 6 heteroatoms. The zero-order chi connectivity index (χ0) is 16.4. The molecule has 116 valence electrons. The second kappa shape index (κ2) is 6.26. The lowest BCUT2D eigenvalue weighted by Gasteiger charge is -2.04. The van der Waals surface area contributed by atoms with E-state index in [4.69, 9.17) is 0 Å². The first-order chi connectivity index (χ1) is 11.1. The molecule has 0 unspecified atom stereocenters. The molecule has 1 aromatic heterocycles. The normalized spacial score (nSPS) is 10.5. The van der Waals surface area contributed by atoms with Crippen molar-refractivity contribution in [2.75, 3.05) is 5.32 Å². The van der Waals surface area contributed by atoms with E-state index in [-0.39, 0.29) is 5.56 Å². The molecule has 0 saturated heterocycles. The number of nitrogens with one attached hydrogen (secondary N) is 1. The van der Waals surface area contributed by atoms with E-state index in [1.807, 2.05) is 54.6 Å². The number of carbonyl (C=O) groups is 1. The van der Waals surface area contributed by atoms with Gasteiger partial charge in [-0.3, -0.25) is 0 Å². The number of hydrogen-bond donors (Lipinski definition) is 2. The molecular formula is C17H14BrN3O2. The maximum absolute atomic E-state index is 11.6. The van der Waals surface area contributed by atoms with Crippen LogP contribution in [0.25, 0.3) is 5.69 Å². The molecule has 3 rings (SSSR count). The number of benzene rings is 2. The van der Waals surface area contributed by atoms with E-state index in [1.165, 1.54) is 0 Å². The highest BCUT2D eigenvalue weighted by Gasteiger charge is 2.21. The van der Waals surface area contributed by atoms with Crippen LogP contribution < -0.4 is 5.32 Å². The van der Waals surface area contributed by atoms with Crippen molar-refractivity contribution < 1.29 is 9.90 Å². The average molecular weight is 372 g/mol. The molecule has 2 aromatic carbocycles. The summed E-state index contributed by atoms with van der Waals surface area (Å²) >= 11 is 3.37. The third-order valence-electron chi connectivity index (χ3n) is 3.44. The van der Waals surface area contributed by atoms with Crippen LogP contribution in [-0.4, -0.2) is 20.9 Å². The third-order valence-corrected chi connectivity index (χ3v) is 3.97. The number of rotatable bonds is 4. The molecule has 0 bridgehead atoms. The summed E-state index contributed by atoms with van der Waals surface area (Å²) in [6.07, 6.45) is 0. The number of halogens is 1. The molecular weight excluding hydrogens is 358 g/mol. The summed E-state index contributed by atoms with van der Waals surface area (Å²) < 4.78 is 2.58. The summed E-state index contributed by atoms with van der Waals surface area (Å²) in [6.45, 7) is 1.75. The lowest BCUT2D eigenvalue weighted by atomic mass is 10.2. The summed E-state index contributed by atoms with van der Waals surface area (Å²) in [7, 11) is 0.